The number of nitrogens with zero attached hydrogens (tertiary/aromatic N) is 2. The van der Waals surface area contributed by atoms with Crippen LogP contribution in [0.4, 0.5) is 5.69 Å². The summed E-state index contributed by atoms with van der Waals surface area (Å²) in [5, 5.41) is 2.84. The molecule has 2 aliphatic rings. The van der Waals surface area contributed by atoms with Crippen LogP contribution in [0, 0.1) is 0 Å². The monoisotopic (exact) mass is 441 g/mol. The second-order valence-corrected chi connectivity index (χ2v) is 10.1. The number of hydrogen-bond donors (Lipinski definition) is 1. The number of hydrogen-bond acceptors (Lipinski definition) is 4. The number of para-hydroxylation sites is 1. The molecule has 31 heavy (non-hydrogen) atoms. The zero-order valence-corrected chi connectivity index (χ0v) is 18.4. The fraction of sp³-hybridized carbons (Fsp3) is 0.391. The Morgan fingerprint density at radius 1 is 0.935 bits per heavy atom. The summed E-state index contributed by atoms with van der Waals surface area (Å²) in [6.07, 6.45) is 4.48. The van der Waals surface area contributed by atoms with Crippen LogP contribution in [0.2, 0.25) is 0 Å². The van der Waals surface area contributed by atoms with E-state index in [1.54, 1.807) is 24.3 Å². The van der Waals surface area contributed by atoms with Gasteiger partial charge in [-0.25, -0.2) is 8.42 Å². The van der Waals surface area contributed by atoms with Gasteiger partial charge in [-0.05, 0) is 48.9 Å². The third kappa shape index (κ3) is 4.65. The highest BCUT2D eigenvalue weighted by atomic mass is 32.2. The van der Waals surface area contributed by atoms with Gasteiger partial charge in [-0.15, -0.1) is 0 Å². The lowest BCUT2D eigenvalue weighted by Crippen LogP contribution is -2.50. The zero-order valence-electron chi connectivity index (χ0n) is 17.6. The molecule has 0 bridgehead atoms. The highest BCUT2D eigenvalue weighted by molar-refractivity contribution is 7.88. The van der Waals surface area contributed by atoms with Crippen LogP contribution < -0.4 is 5.32 Å². The summed E-state index contributed by atoms with van der Waals surface area (Å²) in [6.45, 7) is 1.58. The van der Waals surface area contributed by atoms with Crippen molar-refractivity contribution in [2.75, 3.05) is 24.7 Å². The number of piperidine rings is 1. The van der Waals surface area contributed by atoms with Crippen molar-refractivity contribution in [2.24, 2.45) is 0 Å². The molecule has 2 aromatic rings. The molecule has 2 aliphatic heterocycles. The number of carbonyl (C=O) groups excluding carboxylic acids is 2. The van der Waals surface area contributed by atoms with Gasteiger partial charge in [0.25, 0.3) is 5.91 Å². The first-order chi connectivity index (χ1) is 14.8. The minimum absolute atomic E-state index is 0.107. The fourth-order valence-electron chi connectivity index (χ4n) is 4.33. The topological polar surface area (TPSA) is 86.8 Å². The predicted molar refractivity (Wildman–Crippen MR) is 119 cm³/mol. The Morgan fingerprint density at radius 2 is 1.58 bits per heavy atom. The first kappa shape index (κ1) is 21.5. The van der Waals surface area contributed by atoms with Crippen molar-refractivity contribution in [2.45, 2.75) is 38.3 Å². The molecule has 7 nitrogen and oxygen atoms in total. The quantitative estimate of drug-likeness (QED) is 0.790. The van der Waals surface area contributed by atoms with E-state index in [0.29, 0.717) is 24.3 Å². The number of carbonyl (C=O) groups is 2. The van der Waals surface area contributed by atoms with E-state index >= 15 is 0 Å². The maximum atomic E-state index is 13.2. The standard InChI is InChI=1S/C23H27N3O4S/c1-31(29,30)26-16-18-10-4-3-9-17(18)15-21(26)22(27)24-20-12-6-5-11-19(20)23(28)25-13-7-2-8-14-25/h3-6,9-12,21H,2,7-8,13-16H2,1H3,(H,24,27). The lowest BCUT2D eigenvalue weighted by Gasteiger charge is -2.34. The van der Waals surface area contributed by atoms with Gasteiger partial charge in [-0.1, -0.05) is 36.4 Å². The average Bonchev–Trinajstić information content (AvgIpc) is 2.78. The van der Waals surface area contributed by atoms with Crippen molar-refractivity contribution in [1.82, 2.24) is 9.21 Å². The van der Waals surface area contributed by atoms with Crippen molar-refractivity contribution in [1.29, 1.82) is 0 Å². The highest BCUT2D eigenvalue weighted by Gasteiger charge is 2.37. The molecular formula is C23H27N3O4S. The van der Waals surface area contributed by atoms with Crippen LogP contribution in [0.1, 0.15) is 40.7 Å². The van der Waals surface area contributed by atoms with Gasteiger partial charge in [0.05, 0.1) is 17.5 Å². The Morgan fingerprint density at radius 3 is 2.29 bits per heavy atom. The SMILES string of the molecule is CS(=O)(=O)N1Cc2ccccc2CC1C(=O)Nc1ccccc1C(=O)N1CCCCC1. The Kier molecular flexibility index (Phi) is 6.11. The third-order valence-electron chi connectivity index (χ3n) is 5.99. The summed E-state index contributed by atoms with van der Waals surface area (Å²) in [6, 6.07) is 13.6. The summed E-state index contributed by atoms with van der Waals surface area (Å²) in [4.78, 5) is 28.1. The molecule has 4 rings (SSSR count). The molecule has 2 heterocycles. The van der Waals surface area contributed by atoms with E-state index in [1.165, 1.54) is 4.31 Å². The first-order valence-electron chi connectivity index (χ1n) is 10.6. The maximum absolute atomic E-state index is 13.2. The van der Waals surface area contributed by atoms with Gasteiger partial charge in [-0.3, -0.25) is 9.59 Å². The van der Waals surface area contributed by atoms with Crippen LogP contribution >= 0.6 is 0 Å². The number of anilines is 1. The molecule has 2 amide bonds. The van der Waals surface area contributed by atoms with Crippen LogP contribution in [0.3, 0.4) is 0 Å². The summed E-state index contributed by atoms with van der Waals surface area (Å²) in [5.41, 5.74) is 2.70. The molecule has 0 saturated carbocycles. The summed E-state index contributed by atoms with van der Waals surface area (Å²) in [7, 11) is -3.60. The number of fused-ring (bicyclic) bond motifs is 1. The molecule has 0 spiro atoms. The van der Waals surface area contributed by atoms with Crippen molar-refractivity contribution in [3.8, 4) is 0 Å². The molecule has 0 radical (unpaired) electrons. The van der Waals surface area contributed by atoms with Crippen molar-refractivity contribution >= 4 is 27.5 Å². The highest BCUT2D eigenvalue weighted by Crippen LogP contribution is 2.27. The summed E-state index contributed by atoms with van der Waals surface area (Å²) >= 11 is 0. The van der Waals surface area contributed by atoms with Gasteiger partial charge in [0.15, 0.2) is 0 Å². The molecule has 8 heteroatoms. The number of amides is 2. The number of sulfonamides is 1. The third-order valence-corrected chi connectivity index (χ3v) is 7.23. The molecule has 1 unspecified atom stereocenters. The Bertz CT molecular complexity index is 1090. The Hall–Kier alpha value is -2.71. The van der Waals surface area contributed by atoms with Gasteiger partial charge in [0.2, 0.25) is 15.9 Å². The average molecular weight is 442 g/mol. The van der Waals surface area contributed by atoms with Crippen LogP contribution in [-0.4, -0.2) is 54.8 Å². The van der Waals surface area contributed by atoms with Gasteiger partial charge in [0, 0.05) is 19.6 Å². The zero-order chi connectivity index (χ0) is 22.0. The minimum atomic E-state index is -3.60. The molecule has 0 aromatic heterocycles. The number of rotatable bonds is 4. The summed E-state index contributed by atoms with van der Waals surface area (Å²) in [5.74, 6) is -0.539. The minimum Gasteiger partial charge on any atom is -0.339 e. The van der Waals surface area contributed by atoms with Crippen LogP contribution in [0.5, 0.6) is 0 Å². The predicted octanol–water partition coefficient (Wildman–Crippen LogP) is 2.64. The van der Waals surface area contributed by atoms with E-state index in [2.05, 4.69) is 5.32 Å². The fourth-order valence-corrected chi connectivity index (χ4v) is 5.34. The van der Waals surface area contributed by atoms with E-state index in [-0.39, 0.29) is 18.9 Å². The maximum Gasteiger partial charge on any atom is 0.255 e. The molecule has 1 saturated heterocycles. The van der Waals surface area contributed by atoms with Crippen molar-refractivity contribution in [3.63, 3.8) is 0 Å². The second kappa shape index (κ2) is 8.80. The lowest BCUT2D eigenvalue weighted by atomic mass is 9.95. The molecule has 1 atom stereocenters. The molecule has 1 fully saturated rings. The van der Waals surface area contributed by atoms with E-state index in [1.807, 2.05) is 29.2 Å². The molecule has 1 N–H and O–H groups in total. The summed E-state index contributed by atoms with van der Waals surface area (Å²) < 4.78 is 26.1. The van der Waals surface area contributed by atoms with Gasteiger partial charge >= 0.3 is 0 Å². The first-order valence-corrected chi connectivity index (χ1v) is 12.4. The number of benzene rings is 2. The molecule has 0 aliphatic carbocycles. The smallest absolute Gasteiger partial charge is 0.255 e. The van der Waals surface area contributed by atoms with E-state index in [0.717, 1.165) is 36.6 Å². The van der Waals surface area contributed by atoms with Gasteiger partial charge in [-0.2, -0.15) is 4.31 Å². The van der Waals surface area contributed by atoms with Crippen LogP contribution in [-0.2, 0) is 27.8 Å². The number of likely N-dealkylation sites (tertiary alicyclic amines) is 1. The molecular weight excluding hydrogens is 414 g/mol. The van der Waals surface area contributed by atoms with E-state index in [9.17, 15) is 18.0 Å². The molecule has 164 valence electrons. The van der Waals surface area contributed by atoms with E-state index in [4.69, 9.17) is 0 Å². The Balaban J connectivity index is 1.60. The Labute approximate surface area is 183 Å². The van der Waals surface area contributed by atoms with Crippen LogP contribution in [0.15, 0.2) is 48.5 Å². The van der Waals surface area contributed by atoms with Gasteiger partial charge < -0.3 is 10.2 Å². The molecule has 2 aromatic carbocycles. The van der Waals surface area contributed by atoms with Gasteiger partial charge in [0.1, 0.15) is 6.04 Å². The normalized spacial score (nSPS) is 19.5. The van der Waals surface area contributed by atoms with E-state index < -0.39 is 22.0 Å². The van der Waals surface area contributed by atoms with Crippen molar-refractivity contribution in [3.05, 3.63) is 65.2 Å². The van der Waals surface area contributed by atoms with Crippen molar-refractivity contribution < 1.29 is 18.0 Å². The second-order valence-electron chi connectivity index (χ2n) is 8.18. The lowest BCUT2D eigenvalue weighted by molar-refractivity contribution is -0.120. The largest absolute Gasteiger partial charge is 0.339 e. The van der Waals surface area contributed by atoms with Crippen LogP contribution in [0.25, 0.3) is 0 Å². The number of nitrogens with one attached hydrogen (secondary N) is 1.